The van der Waals surface area contributed by atoms with Crippen molar-refractivity contribution in [1.29, 1.82) is 0 Å². The number of hydrogen-bond donors (Lipinski definition) is 3. The molecule has 0 amide bonds. The molecule has 1 saturated carbocycles. The van der Waals surface area contributed by atoms with Crippen LogP contribution in [-0.4, -0.2) is 23.2 Å². The third-order valence-electron chi connectivity index (χ3n) is 3.25. The number of benzene rings is 1. The lowest BCUT2D eigenvalue weighted by atomic mass is 9.91. The van der Waals surface area contributed by atoms with E-state index in [1.165, 1.54) is 0 Å². The monoisotopic (exact) mass is 234 g/mol. The Morgan fingerprint density at radius 3 is 2.65 bits per heavy atom. The zero-order valence-corrected chi connectivity index (χ0v) is 9.73. The van der Waals surface area contributed by atoms with Crippen LogP contribution in [0.1, 0.15) is 36.0 Å². The van der Waals surface area contributed by atoms with Gasteiger partial charge in [0.1, 0.15) is 0 Å². The number of aromatic carboxylic acids is 1. The fraction of sp³-hybridized carbons (Fsp3) is 0.462. The fourth-order valence-electron chi connectivity index (χ4n) is 2.24. The minimum atomic E-state index is -0.890. The van der Waals surface area contributed by atoms with Crippen LogP contribution in [0.25, 0.3) is 0 Å². The van der Waals surface area contributed by atoms with Crippen LogP contribution in [-0.2, 0) is 0 Å². The first kappa shape index (κ1) is 11.9. The maximum absolute atomic E-state index is 10.8. The molecule has 0 aromatic heterocycles. The van der Waals surface area contributed by atoms with Crippen molar-refractivity contribution in [3.05, 3.63) is 29.8 Å². The molecule has 0 bridgehead atoms. The van der Waals surface area contributed by atoms with Gasteiger partial charge in [-0.15, -0.1) is 0 Å². The molecule has 4 nitrogen and oxygen atoms in total. The lowest BCUT2D eigenvalue weighted by Gasteiger charge is -2.27. The minimum absolute atomic E-state index is 0.322. The summed E-state index contributed by atoms with van der Waals surface area (Å²) in [7, 11) is 0. The molecule has 92 valence electrons. The van der Waals surface area contributed by atoms with E-state index in [2.05, 4.69) is 5.32 Å². The molecule has 4 heteroatoms. The average Bonchev–Trinajstić information content (AvgIpc) is 2.32. The van der Waals surface area contributed by atoms with Crippen LogP contribution < -0.4 is 11.1 Å². The quantitative estimate of drug-likeness (QED) is 0.748. The molecule has 1 aliphatic rings. The Bertz CT molecular complexity index is 398. The van der Waals surface area contributed by atoms with Crippen molar-refractivity contribution in [1.82, 2.24) is 0 Å². The van der Waals surface area contributed by atoms with E-state index in [0.717, 1.165) is 31.4 Å². The molecule has 0 heterocycles. The van der Waals surface area contributed by atoms with Crippen LogP contribution in [0, 0.1) is 0 Å². The Kier molecular flexibility index (Phi) is 3.64. The van der Waals surface area contributed by atoms with Gasteiger partial charge in [-0.05, 0) is 43.9 Å². The highest BCUT2D eigenvalue weighted by Crippen LogP contribution is 2.21. The summed E-state index contributed by atoms with van der Waals surface area (Å²) in [6.45, 7) is 0. The first-order chi connectivity index (χ1) is 8.15. The largest absolute Gasteiger partial charge is 0.478 e. The zero-order valence-electron chi connectivity index (χ0n) is 9.73. The highest BCUT2D eigenvalue weighted by molar-refractivity contribution is 5.88. The average molecular weight is 234 g/mol. The van der Waals surface area contributed by atoms with Gasteiger partial charge in [0.05, 0.1) is 5.56 Å². The number of rotatable bonds is 3. The first-order valence-electron chi connectivity index (χ1n) is 6.00. The number of hydrogen-bond acceptors (Lipinski definition) is 3. The number of carbonyl (C=O) groups is 1. The molecule has 0 spiro atoms. The van der Waals surface area contributed by atoms with Crippen LogP contribution in [0.15, 0.2) is 24.3 Å². The van der Waals surface area contributed by atoms with Gasteiger partial charge in [0.2, 0.25) is 0 Å². The van der Waals surface area contributed by atoms with Gasteiger partial charge in [-0.1, -0.05) is 6.07 Å². The Morgan fingerprint density at radius 2 is 2.00 bits per heavy atom. The molecule has 0 unspecified atom stereocenters. The molecule has 1 fully saturated rings. The summed E-state index contributed by atoms with van der Waals surface area (Å²) in [5.41, 5.74) is 7.05. The van der Waals surface area contributed by atoms with Crippen molar-refractivity contribution in [2.45, 2.75) is 37.8 Å². The molecular weight excluding hydrogens is 216 g/mol. The van der Waals surface area contributed by atoms with E-state index >= 15 is 0 Å². The molecule has 0 atom stereocenters. The fourth-order valence-corrected chi connectivity index (χ4v) is 2.24. The van der Waals surface area contributed by atoms with E-state index in [0.29, 0.717) is 17.6 Å². The van der Waals surface area contributed by atoms with Crippen molar-refractivity contribution in [3.63, 3.8) is 0 Å². The highest BCUT2D eigenvalue weighted by atomic mass is 16.4. The van der Waals surface area contributed by atoms with Crippen LogP contribution in [0.2, 0.25) is 0 Å². The Hall–Kier alpha value is -1.55. The third kappa shape index (κ3) is 3.20. The molecule has 0 saturated heterocycles. The van der Waals surface area contributed by atoms with Gasteiger partial charge < -0.3 is 16.2 Å². The third-order valence-corrected chi connectivity index (χ3v) is 3.25. The van der Waals surface area contributed by atoms with Gasteiger partial charge in [0.25, 0.3) is 0 Å². The summed E-state index contributed by atoms with van der Waals surface area (Å²) in [5, 5.41) is 12.3. The summed E-state index contributed by atoms with van der Waals surface area (Å²) in [6.07, 6.45) is 4.18. The Labute approximate surface area is 101 Å². The van der Waals surface area contributed by atoms with Crippen molar-refractivity contribution in [2.75, 3.05) is 5.32 Å². The normalized spacial score (nSPS) is 24.3. The maximum atomic E-state index is 10.8. The van der Waals surface area contributed by atoms with Gasteiger partial charge in [-0.25, -0.2) is 4.79 Å². The molecule has 1 aromatic carbocycles. The second-order valence-electron chi connectivity index (χ2n) is 4.64. The van der Waals surface area contributed by atoms with E-state index < -0.39 is 5.97 Å². The van der Waals surface area contributed by atoms with Gasteiger partial charge >= 0.3 is 5.97 Å². The van der Waals surface area contributed by atoms with Gasteiger partial charge in [0, 0.05) is 17.8 Å². The highest BCUT2D eigenvalue weighted by Gasteiger charge is 2.18. The van der Waals surface area contributed by atoms with Gasteiger partial charge in [-0.2, -0.15) is 0 Å². The SMILES string of the molecule is NC1CCC(Nc2cccc(C(=O)O)c2)CC1. The summed E-state index contributed by atoms with van der Waals surface area (Å²) in [6, 6.07) is 7.69. The van der Waals surface area contributed by atoms with Crippen LogP contribution >= 0.6 is 0 Å². The van der Waals surface area contributed by atoms with Crippen molar-refractivity contribution in [2.24, 2.45) is 5.73 Å². The van der Waals surface area contributed by atoms with E-state index in [4.69, 9.17) is 10.8 Å². The molecule has 17 heavy (non-hydrogen) atoms. The number of nitrogens with two attached hydrogens (primary N) is 1. The number of anilines is 1. The molecule has 1 aliphatic carbocycles. The van der Waals surface area contributed by atoms with E-state index in [9.17, 15) is 4.79 Å². The summed E-state index contributed by atoms with van der Waals surface area (Å²) in [5.74, 6) is -0.890. The molecule has 2 rings (SSSR count). The van der Waals surface area contributed by atoms with E-state index in [1.54, 1.807) is 18.2 Å². The summed E-state index contributed by atoms with van der Waals surface area (Å²) >= 11 is 0. The van der Waals surface area contributed by atoms with E-state index in [1.807, 2.05) is 6.07 Å². The molecule has 0 radical (unpaired) electrons. The maximum Gasteiger partial charge on any atom is 0.335 e. The van der Waals surface area contributed by atoms with Crippen molar-refractivity contribution >= 4 is 11.7 Å². The lowest BCUT2D eigenvalue weighted by molar-refractivity contribution is 0.0697. The Balaban J connectivity index is 1.98. The molecule has 4 N–H and O–H groups in total. The van der Waals surface area contributed by atoms with Crippen molar-refractivity contribution < 1.29 is 9.90 Å². The molecular formula is C13H18N2O2. The zero-order chi connectivity index (χ0) is 12.3. The lowest BCUT2D eigenvalue weighted by Crippen LogP contribution is -2.32. The standard InChI is InChI=1S/C13H18N2O2/c14-10-4-6-11(7-5-10)15-12-3-1-2-9(8-12)13(16)17/h1-3,8,10-11,15H,4-7,14H2,(H,16,17). The number of nitrogens with one attached hydrogen (secondary N) is 1. The predicted octanol–water partition coefficient (Wildman–Crippen LogP) is 2.07. The van der Waals surface area contributed by atoms with Gasteiger partial charge in [-0.3, -0.25) is 0 Å². The molecule has 0 aliphatic heterocycles. The van der Waals surface area contributed by atoms with Crippen LogP contribution in [0.3, 0.4) is 0 Å². The smallest absolute Gasteiger partial charge is 0.335 e. The number of carboxylic acids is 1. The Morgan fingerprint density at radius 1 is 1.29 bits per heavy atom. The minimum Gasteiger partial charge on any atom is -0.478 e. The molecule has 1 aromatic rings. The topological polar surface area (TPSA) is 75.3 Å². The summed E-state index contributed by atoms with van der Waals surface area (Å²) in [4.78, 5) is 10.8. The van der Waals surface area contributed by atoms with E-state index in [-0.39, 0.29) is 0 Å². The number of carboxylic acid groups (broad SMARTS) is 1. The van der Waals surface area contributed by atoms with Gasteiger partial charge in [0.15, 0.2) is 0 Å². The van der Waals surface area contributed by atoms with Crippen LogP contribution in [0.4, 0.5) is 5.69 Å². The van der Waals surface area contributed by atoms with Crippen LogP contribution in [0.5, 0.6) is 0 Å². The summed E-state index contributed by atoms with van der Waals surface area (Å²) < 4.78 is 0. The second-order valence-corrected chi connectivity index (χ2v) is 4.64. The second kappa shape index (κ2) is 5.19. The first-order valence-corrected chi connectivity index (χ1v) is 6.00. The van der Waals surface area contributed by atoms with Crippen molar-refractivity contribution in [3.8, 4) is 0 Å². The predicted molar refractivity (Wildman–Crippen MR) is 67.3 cm³/mol.